The third-order valence-corrected chi connectivity index (χ3v) is 4.35. The van der Waals surface area contributed by atoms with Crippen molar-refractivity contribution in [1.29, 1.82) is 0 Å². The normalized spacial score (nSPS) is 13.6. The highest BCUT2D eigenvalue weighted by Gasteiger charge is 2.17. The minimum atomic E-state index is -1.12. The van der Waals surface area contributed by atoms with Crippen LogP contribution in [0.15, 0.2) is 63.1 Å². The van der Waals surface area contributed by atoms with E-state index < -0.39 is 23.1 Å². The fourth-order valence-corrected chi connectivity index (χ4v) is 2.97. The first-order valence-electron chi connectivity index (χ1n) is 8.23. The number of para-hydroxylation sites is 1. The predicted octanol–water partition coefficient (Wildman–Crippen LogP) is 2.19. The van der Waals surface area contributed by atoms with Crippen LogP contribution in [0.2, 0.25) is 0 Å². The van der Waals surface area contributed by atoms with E-state index in [1.807, 2.05) is 24.3 Å². The lowest BCUT2D eigenvalue weighted by Crippen LogP contribution is -2.30. The maximum Gasteiger partial charge on any atom is 0.335 e. The van der Waals surface area contributed by atoms with Crippen LogP contribution in [0, 0.1) is 0 Å². The molecule has 0 amide bonds. The molecule has 0 radical (unpaired) electrons. The Kier molecular flexibility index (Phi) is 4.00. The third-order valence-electron chi connectivity index (χ3n) is 4.35. The molecule has 3 N–H and O–H groups in total. The standard InChI is InChI=1S/C20H13N3O5/c24-17-15(9-12-10-21-16-4-2-1-3-14(12)16)18(25)23(20(28)22-17)13-7-5-11(6-8-13)19(26)27/h1-10,25H,(H,26,27)(H,22,24,28)/b12-9+. The van der Waals surface area contributed by atoms with Gasteiger partial charge in [-0.2, -0.15) is 0 Å². The third kappa shape index (κ3) is 2.82. The molecular weight excluding hydrogens is 362 g/mol. The van der Waals surface area contributed by atoms with E-state index in [0.29, 0.717) is 5.57 Å². The molecule has 3 aromatic rings. The Hall–Kier alpha value is -4.20. The molecule has 28 heavy (non-hydrogen) atoms. The fraction of sp³-hybridized carbons (Fsp3) is 0. The lowest BCUT2D eigenvalue weighted by atomic mass is 10.1. The molecule has 1 aromatic heterocycles. The second kappa shape index (κ2) is 6.51. The van der Waals surface area contributed by atoms with E-state index in [4.69, 9.17) is 5.11 Å². The summed E-state index contributed by atoms with van der Waals surface area (Å²) >= 11 is 0. The number of aromatic hydroxyl groups is 1. The van der Waals surface area contributed by atoms with Crippen LogP contribution in [0.4, 0.5) is 5.69 Å². The summed E-state index contributed by atoms with van der Waals surface area (Å²) < 4.78 is 0.900. The quantitative estimate of drug-likeness (QED) is 0.647. The highest BCUT2D eigenvalue weighted by molar-refractivity contribution is 6.21. The predicted molar refractivity (Wildman–Crippen MR) is 104 cm³/mol. The Morgan fingerprint density at radius 2 is 1.79 bits per heavy atom. The average molecular weight is 375 g/mol. The lowest BCUT2D eigenvalue weighted by molar-refractivity contribution is 0.0697. The molecule has 8 heteroatoms. The number of nitrogens with zero attached hydrogens (tertiary/aromatic N) is 2. The van der Waals surface area contributed by atoms with Gasteiger partial charge in [-0.3, -0.25) is 14.8 Å². The van der Waals surface area contributed by atoms with Crippen LogP contribution in [0.3, 0.4) is 0 Å². The van der Waals surface area contributed by atoms with Crippen molar-refractivity contribution in [2.75, 3.05) is 0 Å². The number of rotatable bonds is 3. The zero-order chi connectivity index (χ0) is 19.8. The van der Waals surface area contributed by atoms with E-state index in [1.165, 1.54) is 30.3 Å². The lowest BCUT2D eigenvalue weighted by Gasteiger charge is -2.10. The number of nitrogens with one attached hydrogen (secondary N) is 1. The van der Waals surface area contributed by atoms with Crippen molar-refractivity contribution >= 4 is 29.5 Å². The Balaban J connectivity index is 1.87. The van der Waals surface area contributed by atoms with Crippen LogP contribution in [-0.4, -0.2) is 31.9 Å². The molecule has 0 atom stereocenters. The minimum absolute atomic E-state index is 0.0295. The number of fused-ring (bicyclic) bond motifs is 1. The Morgan fingerprint density at radius 1 is 1.07 bits per heavy atom. The van der Waals surface area contributed by atoms with E-state index in [2.05, 4.69) is 9.98 Å². The summed E-state index contributed by atoms with van der Waals surface area (Å²) in [6.07, 6.45) is 3.02. The molecule has 0 bridgehead atoms. The van der Waals surface area contributed by atoms with Gasteiger partial charge in [-0.15, -0.1) is 0 Å². The van der Waals surface area contributed by atoms with Crippen LogP contribution >= 0.6 is 0 Å². The average Bonchev–Trinajstić information content (AvgIpc) is 3.08. The van der Waals surface area contributed by atoms with Crippen molar-refractivity contribution in [1.82, 2.24) is 9.55 Å². The van der Waals surface area contributed by atoms with Gasteiger partial charge in [-0.05, 0) is 36.4 Å². The maximum atomic E-state index is 12.3. The van der Waals surface area contributed by atoms with Gasteiger partial charge in [0, 0.05) is 17.4 Å². The van der Waals surface area contributed by atoms with Crippen molar-refractivity contribution in [3.63, 3.8) is 0 Å². The number of aromatic carboxylic acids is 1. The summed E-state index contributed by atoms with van der Waals surface area (Å²) in [7, 11) is 0. The molecule has 0 spiro atoms. The Labute approximate surface area is 157 Å². The van der Waals surface area contributed by atoms with Gasteiger partial charge < -0.3 is 10.2 Å². The van der Waals surface area contributed by atoms with Crippen molar-refractivity contribution in [3.05, 3.63) is 86.1 Å². The zero-order valence-electron chi connectivity index (χ0n) is 14.3. The van der Waals surface area contributed by atoms with Gasteiger partial charge in [0.25, 0.3) is 5.56 Å². The Morgan fingerprint density at radius 3 is 2.50 bits per heavy atom. The van der Waals surface area contributed by atoms with Crippen molar-refractivity contribution in [2.24, 2.45) is 4.99 Å². The van der Waals surface area contributed by atoms with Gasteiger partial charge in [-0.25, -0.2) is 14.2 Å². The summed E-state index contributed by atoms with van der Waals surface area (Å²) in [5.41, 5.74) is 0.695. The summed E-state index contributed by atoms with van der Waals surface area (Å²) in [6, 6.07) is 12.7. The number of hydrogen-bond acceptors (Lipinski definition) is 5. The highest BCUT2D eigenvalue weighted by atomic mass is 16.4. The number of carboxylic acid groups (broad SMARTS) is 1. The van der Waals surface area contributed by atoms with Gasteiger partial charge >= 0.3 is 11.7 Å². The van der Waals surface area contributed by atoms with E-state index in [0.717, 1.165) is 15.8 Å². The van der Waals surface area contributed by atoms with Gasteiger partial charge in [-0.1, -0.05) is 18.2 Å². The second-order valence-corrected chi connectivity index (χ2v) is 6.06. The van der Waals surface area contributed by atoms with E-state index in [1.54, 1.807) is 6.21 Å². The summed E-state index contributed by atoms with van der Waals surface area (Å²) in [4.78, 5) is 42.0. The number of hydrogen-bond donors (Lipinski definition) is 3. The molecule has 0 unspecified atom stereocenters. The van der Waals surface area contributed by atoms with Crippen molar-refractivity contribution in [2.45, 2.75) is 0 Å². The molecule has 0 fully saturated rings. The summed E-state index contributed by atoms with van der Waals surface area (Å²) in [5.74, 6) is -1.67. The van der Waals surface area contributed by atoms with Crippen molar-refractivity contribution in [3.8, 4) is 11.6 Å². The van der Waals surface area contributed by atoms with Crippen LogP contribution in [0.25, 0.3) is 17.3 Å². The molecule has 1 aliphatic heterocycles. The molecule has 0 saturated heterocycles. The molecule has 2 heterocycles. The van der Waals surface area contributed by atoms with E-state index in [-0.39, 0.29) is 16.8 Å². The van der Waals surface area contributed by atoms with Gasteiger partial charge in [0.15, 0.2) is 0 Å². The summed E-state index contributed by atoms with van der Waals surface area (Å²) in [6.45, 7) is 0. The van der Waals surface area contributed by atoms with Crippen LogP contribution in [-0.2, 0) is 0 Å². The number of aromatic amines is 1. The van der Waals surface area contributed by atoms with Gasteiger partial charge in [0.2, 0.25) is 5.88 Å². The van der Waals surface area contributed by atoms with Crippen LogP contribution in [0.1, 0.15) is 21.5 Å². The molecule has 4 rings (SSSR count). The minimum Gasteiger partial charge on any atom is -0.494 e. The van der Waals surface area contributed by atoms with Crippen molar-refractivity contribution < 1.29 is 15.0 Å². The SMILES string of the molecule is O=C(O)c1ccc(-n2c(O)c(/C=C3\C=Nc4ccccc43)c(=O)[nH]c2=O)cc1. The molecule has 0 aliphatic carbocycles. The van der Waals surface area contributed by atoms with Crippen LogP contribution < -0.4 is 11.2 Å². The molecule has 2 aromatic carbocycles. The number of allylic oxidation sites excluding steroid dienone is 1. The van der Waals surface area contributed by atoms with Gasteiger partial charge in [0.05, 0.1) is 16.9 Å². The van der Waals surface area contributed by atoms with E-state index in [9.17, 15) is 19.5 Å². The molecule has 1 aliphatic rings. The maximum absolute atomic E-state index is 12.3. The number of aliphatic imine (C=N–C) groups is 1. The summed E-state index contributed by atoms with van der Waals surface area (Å²) in [5, 5.41) is 19.6. The largest absolute Gasteiger partial charge is 0.494 e. The number of aromatic nitrogens is 2. The zero-order valence-corrected chi connectivity index (χ0v) is 14.3. The number of carboxylic acids is 1. The second-order valence-electron chi connectivity index (χ2n) is 6.06. The molecule has 0 saturated carbocycles. The number of H-pyrrole nitrogens is 1. The fourth-order valence-electron chi connectivity index (χ4n) is 2.97. The monoisotopic (exact) mass is 375 g/mol. The first-order valence-corrected chi connectivity index (χ1v) is 8.23. The highest BCUT2D eigenvalue weighted by Crippen LogP contribution is 2.32. The number of carbonyl (C=O) groups is 1. The number of benzene rings is 2. The molecular formula is C20H13N3O5. The first-order chi connectivity index (χ1) is 13.5. The topological polar surface area (TPSA) is 125 Å². The van der Waals surface area contributed by atoms with E-state index >= 15 is 0 Å². The van der Waals surface area contributed by atoms with Crippen LogP contribution in [0.5, 0.6) is 5.88 Å². The molecule has 138 valence electrons. The smallest absolute Gasteiger partial charge is 0.335 e. The first kappa shape index (κ1) is 17.2. The van der Waals surface area contributed by atoms with Gasteiger partial charge in [0.1, 0.15) is 5.56 Å². The Bertz CT molecular complexity index is 1280. The molecule has 8 nitrogen and oxygen atoms in total.